The number of carbonyl (C=O) groups is 1. The van der Waals surface area contributed by atoms with Crippen molar-refractivity contribution in [1.82, 2.24) is 4.98 Å². The van der Waals surface area contributed by atoms with Crippen LogP contribution in [0.1, 0.15) is 28.0 Å². The van der Waals surface area contributed by atoms with Crippen molar-refractivity contribution in [2.75, 3.05) is 0 Å². The lowest BCUT2D eigenvalue weighted by molar-refractivity contribution is 0.110. The zero-order valence-corrected chi connectivity index (χ0v) is 7.09. The summed E-state index contributed by atoms with van der Waals surface area (Å²) in [6.07, 6.45) is -2.75. The molecule has 0 aliphatic rings. The van der Waals surface area contributed by atoms with Gasteiger partial charge in [-0.25, -0.2) is 8.78 Å². The lowest BCUT2D eigenvalue weighted by Crippen LogP contribution is -2.19. The third-order valence-electron chi connectivity index (χ3n) is 1.72. The number of carbonyl (C=O) groups excluding carboxylic acids is 1. The van der Waals surface area contributed by atoms with Crippen LogP contribution in [0.4, 0.5) is 8.78 Å². The Labute approximate surface area is 77.7 Å². The van der Waals surface area contributed by atoms with Crippen LogP contribution < -0.4 is 11.3 Å². The highest BCUT2D eigenvalue weighted by molar-refractivity contribution is 5.77. The van der Waals surface area contributed by atoms with Gasteiger partial charge >= 0.3 is 0 Å². The topological polar surface area (TPSA) is 76.0 Å². The Balaban J connectivity index is 3.42. The number of rotatable bonds is 3. The Morgan fingerprint density at radius 2 is 2.21 bits per heavy atom. The summed E-state index contributed by atoms with van der Waals surface area (Å²) in [7, 11) is 0. The first-order chi connectivity index (χ1) is 6.60. The zero-order valence-electron chi connectivity index (χ0n) is 7.09. The van der Waals surface area contributed by atoms with Gasteiger partial charge in [0.05, 0.1) is 5.56 Å². The second kappa shape index (κ2) is 4.10. The summed E-state index contributed by atoms with van der Waals surface area (Å²) in [5.41, 5.74) is 3.36. The fraction of sp³-hybridized carbons (Fsp3) is 0.250. The number of pyridine rings is 1. The van der Waals surface area contributed by atoms with Crippen molar-refractivity contribution < 1.29 is 13.6 Å². The van der Waals surface area contributed by atoms with E-state index in [1.54, 1.807) is 0 Å². The van der Waals surface area contributed by atoms with E-state index in [2.05, 4.69) is 4.98 Å². The number of halogens is 2. The maximum absolute atomic E-state index is 12.3. The number of aldehydes is 1. The van der Waals surface area contributed by atoms with Crippen LogP contribution in [0.25, 0.3) is 0 Å². The largest absolute Gasteiger partial charge is 0.325 e. The number of nitrogens with two attached hydrogens (primary N) is 1. The van der Waals surface area contributed by atoms with Gasteiger partial charge in [0.25, 0.3) is 12.0 Å². The predicted octanol–water partition coefficient (Wildman–Crippen LogP) is 0.584. The van der Waals surface area contributed by atoms with E-state index in [4.69, 9.17) is 5.73 Å². The Hall–Kier alpha value is -1.56. The average Bonchev–Trinajstić information content (AvgIpc) is 2.15. The van der Waals surface area contributed by atoms with E-state index >= 15 is 0 Å². The first kappa shape index (κ1) is 10.5. The molecule has 0 atom stereocenters. The van der Waals surface area contributed by atoms with Gasteiger partial charge in [-0.3, -0.25) is 9.59 Å². The number of alkyl halides is 2. The number of hydrogen-bond acceptors (Lipinski definition) is 3. The molecule has 1 heterocycles. The molecule has 1 aromatic heterocycles. The van der Waals surface area contributed by atoms with E-state index in [-0.39, 0.29) is 24.1 Å². The Kier molecular flexibility index (Phi) is 3.08. The molecule has 0 unspecified atom stereocenters. The van der Waals surface area contributed by atoms with E-state index in [1.807, 2.05) is 0 Å². The van der Waals surface area contributed by atoms with Crippen molar-refractivity contribution in [3.05, 3.63) is 33.2 Å². The summed E-state index contributed by atoms with van der Waals surface area (Å²) < 4.78 is 24.6. The summed E-state index contributed by atoms with van der Waals surface area (Å²) in [6, 6.07) is 1.15. The van der Waals surface area contributed by atoms with E-state index in [1.165, 1.54) is 0 Å². The number of aromatic nitrogens is 1. The highest BCUT2D eigenvalue weighted by atomic mass is 19.3. The quantitative estimate of drug-likeness (QED) is 0.704. The number of H-pyrrole nitrogens is 1. The van der Waals surface area contributed by atoms with Gasteiger partial charge in [0, 0.05) is 17.8 Å². The molecule has 0 radical (unpaired) electrons. The van der Waals surface area contributed by atoms with Gasteiger partial charge < -0.3 is 10.7 Å². The molecule has 0 amide bonds. The van der Waals surface area contributed by atoms with Crippen molar-refractivity contribution in [2.24, 2.45) is 5.73 Å². The van der Waals surface area contributed by atoms with Crippen molar-refractivity contribution in [2.45, 2.75) is 13.0 Å². The Morgan fingerprint density at radius 3 is 2.64 bits per heavy atom. The van der Waals surface area contributed by atoms with Crippen LogP contribution in [0, 0.1) is 0 Å². The van der Waals surface area contributed by atoms with Crippen LogP contribution in [0.5, 0.6) is 0 Å². The van der Waals surface area contributed by atoms with Crippen molar-refractivity contribution >= 4 is 6.29 Å². The highest BCUT2D eigenvalue weighted by Gasteiger charge is 2.17. The molecule has 6 heteroatoms. The van der Waals surface area contributed by atoms with Crippen LogP contribution in [-0.4, -0.2) is 11.3 Å². The first-order valence-electron chi connectivity index (χ1n) is 3.79. The molecule has 14 heavy (non-hydrogen) atoms. The van der Waals surface area contributed by atoms with Crippen LogP contribution in [0.3, 0.4) is 0 Å². The minimum atomic E-state index is -2.97. The van der Waals surface area contributed by atoms with Crippen LogP contribution in [0.15, 0.2) is 10.9 Å². The third kappa shape index (κ3) is 1.85. The summed E-state index contributed by atoms with van der Waals surface area (Å²) in [5.74, 6) is 0. The van der Waals surface area contributed by atoms with E-state index in [0.29, 0.717) is 0 Å². The molecule has 0 spiro atoms. The Morgan fingerprint density at radius 1 is 1.57 bits per heavy atom. The van der Waals surface area contributed by atoms with Gasteiger partial charge in [0.15, 0.2) is 6.29 Å². The van der Waals surface area contributed by atoms with Gasteiger partial charge in [0.2, 0.25) is 0 Å². The number of aromatic amines is 1. The predicted molar refractivity (Wildman–Crippen MR) is 45.3 cm³/mol. The van der Waals surface area contributed by atoms with Crippen LogP contribution in [-0.2, 0) is 6.54 Å². The molecule has 4 nitrogen and oxygen atoms in total. The molecule has 1 rings (SSSR count). The lowest BCUT2D eigenvalue weighted by atomic mass is 10.1. The fourth-order valence-electron chi connectivity index (χ4n) is 1.08. The molecule has 0 fully saturated rings. The molecule has 0 saturated carbocycles. The molecule has 76 valence electrons. The molecular formula is C8H8F2N2O2. The number of hydrogen-bond donors (Lipinski definition) is 2. The monoisotopic (exact) mass is 202 g/mol. The molecule has 1 aromatic rings. The van der Waals surface area contributed by atoms with Gasteiger partial charge in [-0.1, -0.05) is 0 Å². The van der Waals surface area contributed by atoms with Gasteiger partial charge in [-0.05, 0) is 6.07 Å². The van der Waals surface area contributed by atoms with Gasteiger partial charge in [0.1, 0.15) is 0 Å². The normalized spacial score (nSPS) is 10.6. The van der Waals surface area contributed by atoms with Gasteiger partial charge in [-0.15, -0.1) is 0 Å². The zero-order chi connectivity index (χ0) is 10.7. The maximum atomic E-state index is 12.3. The summed E-state index contributed by atoms with van der Waals surface area (Å²) in [6.45, 7) is -0.0143. The molecule has 0 saturated heterocycles. The molecule has 0 aliphatic heterocycles. The average molecular weight is 202 g/mol. The van der Waals surface area contributed by atoms with Crippen molar-refractivity contribution in [3.63, 3.8) is 0 Å². The third-order valence-corrected chi connectivity index (χ3v) is 1.72. The summed E-state index contributed by atoms with van der Waals surface area (Å²) in [4.78, 5) is 23.7. The minimum Gasteiger partial charge on any atom is -0.325 e. The fourth-order valence-corrected chi connectivity index (χ4v) is 1.08. The Bertz CT molecular complexity index is 401. The standard InChI is InChI=1S/C8H8F2N2O2/c9-7(10)6-4(3-13)1-5(2-11)12-8(6)14/h1,3,7H,2,11H2,(H,12,14). The SMILES string of the molecule is NCc1cc(C=O)c(C(F)F)c(=O)[nH]1. The summed E-state index contributed by atoms with van der Waals surface area (Å²) >= 11 is 0. The van der Waals surface area contributed by atoms with Crippen molar-refractivity contribution in [1.29, 1.82) is 0 Å². The van der Waals surface area contributed by atoms with Gasteiger partial charge in [-0.2, -0.15) is 0 Å². The number of nitrogens with one attached hydrogen (secondary N) is 1. The first-order valence-corrected chi connectivity index (χ1v) is 3.79. The molecule has 3 N–H and O–H groups in total. The second-order valence-electron chi connectivity index (χ2n) is 2.62. The maximum Gasteiger partial charge on any atom is 0.269 e. The molecule has 0 aliphatic carbocycles. The minimum absolute atomic E-state index is 0.0143. The van der Waals surface area contributed by atoms with E-state index in [9.17, 15) is 18.4 Å². The molecule has 0 aromatic carbocycles. The second-order valence-corrected chi connectivity index (χ2v) is 2.62. The smallest absolute Gasteiger partial charge is 0.269 e. The van der Waals surface area contributed by atoms with Crippen LogP contribution in [0.2, 0.25) is 0 Å². The molecular weight excluding hydrogens is 194 g/mol. The van der Waals surface area contributed by atoms with Crippen molar-refractivity contribution in [3.8, 4) is 0 Å². The van der Waals surface area contributed by atoms with E-state index in [0.717, 1.165) is 6.07 Å². The van der Waals surface area contributed by atoms with Crippen LogP contribution >= 0.6 is 0 Å². The summed E-state index contributed by atoms with van der Waals surface area (Å²) in [5, 5.41) is 0. The lowest BCUT2D eigenvalue weighted by Gasteiger charge is -2.04. The molecule has 0 bridgehead atoms. The van der Waals surface area contributed by atoms with E-state index < -0.39 is 17.5 Å². The highest BCUT2D eigenvalue weighted by Crippen LogP contribution is 2.17.